The summed E-state index contributed by atoms with van der Waals surface area (Å²) in [6.45, 7) is 6.03. The summed E-state index contributed by atoms with van der Waals surface area (Å²) >= 11 is 0. The number of urea groups is 1. The fourth-order valence-electron chi connectivity index (χ4n) is 2.60. The number of hydrogen-bond acceptors (Lipinski definition) is 2. The molecular weight excluding hydrogens is 216 g/mol. The van der Waals surface area contributed by atoms with Crippen molar-refractivity contribution in [3.05, 3.63) is 0 Å². The molecule has 0 aromatic heterocycles. The molecule has 1 unspecified atom stereocenters. The molecule has 0 radical (unpaired) electrons. The van der Waals surface area contributed by atoms with E-state index in [1.807, 2.05) is 0 Å². The third kappa shape index (κ3) is 3.87. The zero-order valence-corrected chi connectivity index (χ0v) is 10.9. The Balaban J connectivity index is 1.68. The summed E-state index contributed by atoms with van der Waals surface area (Å²) in [6, 6.07) is 0.533. The minimum absolute atomic E-state index is 0.0230. The first kappa shape index (κ1) is 12.7. The lowest BCUT2D eigenvalue weighted by atomic mass is 9.76. The average Bonchev–Trinajstić information content (AvgIpc) is 2.74. The Kier molecular flexibility index (Phi) is 3.92. The van der Waals surface area contributed by atoms with Crippen molar-refractivity contribution < 1.29 is 9.53 Å². The molecule has 17 heavy (non-hydrogen) atoms. The van der Waals surface area contributed by atoms with E-state index in [4.69, 9.17) is 4.74 Å². The first-order chi connectivity index (χ1) is 8.05. The molecule has 1 aliphatic heterocycles. The third-order valence-corrected chi connectivity index (χ3v) is 3.94. The summed E-state index contributed by atoms with van der Waals surface area (Å²) < 4.78 is 5.23. The van der Waals surface area contributed by atoms with Crippen LogP contribution >= 0.6 is 0 Å². The highest BCUT2D eigenvalue weighted by molar-refractivity contribution is 5.74. The zero-order valence-electron chi connectivity index (χ0n) is 10.9. The number of carbonyl (C=O) groups is 1. The van der Waals surface area contributed by atoms with Gasteiger partial charge in [-0.3, -0.25) is 0 Å². The summed E-state index contributed by atoms with van der Waals surface area (Å²) in [5.41, 5.74) is 0.452. The fourth-order valence-corrected chi connectivity index (χ4v) is 2.60. The smallest absolute Gasteiger partial charge is 0.315 e. The molecule has 98 valence electrons. The van der Waals surface area contributed by atoms with E-state index in [9.17, 15) is 4.79 Å². The first-order valence-electron chi connectivity index (χ1n) is 6.70. The van der Waals surface area contributed by atoms with Crippen molar-refractivity contribution in [1.82, 2.24) is 10.6 Å². The van der Waals surface area contributed by atoms with E-state index in [-0.39, 0.29) is 12.1 Å². The van der Waals surface area contributed by atoms with Crippen LogP contribution in [0.25, 0.3) is 0 Å². The molecule has 1 aliphatic carbocycles. The van der Waals surface area contributed by atoms with Gasteiger partial charge in [-0.2, -0.15) is 0 Å². The van der Waals surface area contributed by atoms with Gasteiger partial charge in [0.25, 0.3) is 0 Å². The Morgan fingerprint density at radius 2 is 1.76 bits per heavy atom. The van der Waals surface area contributed by atoms with Gasteiger partial charge >= 0.3 is 6.03 Å². The van der Waals surface area contributed by atoms with Gasteiger partial charge in [0, 0.05) is 12.6 Å². The van der Waals surface area contributed by atoms with E-state index in [2.05, 4.69) is 24.5 Å². The lowest BCUT2D eigenvalue weighted by Gasteiger charge is -2.34. The van der Waals surface area contributed by atoms with E-state index < -0.39 is 0 Å². The van der Waals surface area contributed by atoms with Crippen LogP contribution in [0.1, 0.15) is 46.0 Å². The maximum absolute atomic E-state index is 11.8. The van der Waals surface area contributed by atoms with Crippen LogP contribution < -0.4 is 10.6 Å². The molecule has 0 bridgehead atoms. The summed E-state index contributed by atoms with van der Waals surface area (Å²) in [6.07, 6.45) is 5.53. The molecule has 0 aromatic rings. The Labute approximate surface area is 103 Å². The molecule has 1 atom stereocenters. The summed E-state index contributed by atoms with van der Waals surface area (Å²) in [7, 11) is 0. The predicted molar refractivity (Wildman–Crippen MR) is 66.9 cm³/mol. The molecule has 0 aromatic carbocycles. The van der Waals surface area contributed by atoms with Crippen molar-refractivity contribution in [3.8, 4) is 0 Å². The van der Waals surface area contributed by atoms with Gasteiger partial charge in [0.05, 0.1) is 12.6 Å². The molecule has 2 N–H and O–H groups in total. The van der Waals surface area contributed by atoms with Gasteiger partial charge in [0.1, 0.15) is 0 Å². The first-order valence-corrected chi connectivity index (χ1v) is 6.70. The molecule has 1 saturated heterocycles. The monoisotopic (exact) mass is 240 g/mol. The molecule has 1 saturated carbocycles. The largest absolute Gasteiger partial charge is 0.379 e. The molecule has 4 nitrogen and oxygen atoms in total. The second-order valence-electron chi connectivity index (χ2n) is 6.12. The molecule has 0 spiro atoms. The van der Waals surface area contributed by atoms with E-state index in [0.717, 1.165) is 25.9 Å². The summed E-state index contributed by atoms with van der Waals surface area (Å²) in [4.78, 5) is 11.8. The number of nitrogens with one attached hydrogen (secondary N) is 2. The van der Waals surface area contributed by atoms with Crippen molar-refractivity contribution in [2.75, 3.05) is 13.2 Å². The number of hydrogen-bond donors (Lipinski definition) is 2. The minimum atomic E-state index is -0.0230. The van der Waals surface area contributed by atoms with E-state index >= 15 is 0 Å². The Bertz CT molecular complexity index is 263. The SMILES string of the molecule is CC1(C)CCC(NC(=O)NC2CCOC2)CC1. The quantitative estimate of drug-likeness (QED) is 0.776. The van der Waals surface area contributed by atoms with Crippen molar-refractivity contribution in [2.45, 2.75) is 58.0 Å². The van der Waals surface area contributed by atoms with Crippen LogP contribution in [-0.2, 0) is 4.74 Å². The topological polar surface area (TPSA) is 50.4 Å². The molecule has 2 amide bonds. The Hall–Kier alpha value is -0.770. The lowest BCUT2D eigenvalue weighted by molar-refractivity contribution is 0.183. The van der Waals surface area contributed by atoms with Gasteiger partial charge in [-0.25, -0.2) is 4.79 Å². The van der Waals surface area contributed by atoms with E-state index in [1.54, 1.807) is 0 Å². The number of carbonyl (C=O) groups excluding carboxylic acids is 1. The lowest BCUT2D eigenvalue weighted by Crippen LogP contribution is -2.47. The van der Waals surface area contributed by atoms with Crippen LogP contribution in [0, 0.1) is 5.41 Å². The van der Waals surface area contributed by atoms with Crippen LogP contribution in [-0.4, -0.2) is 31.3 Å². The van der Waals surface area contributed by atoms with Crippen molar-refractivity contribution >= 4 is 6.03 Å². The minimum Gasteiger partial charge on any atom is -0.379 e. The summed E-state index contributed by atoms with van der Waals surface area (Å²) in [5, 5.41) is 6.05. The number of rotatable bonds is 2. The second-order valence-corrected chi connectivity index (χ2v) is 6.12. The zero-order chi connectivity index (χ0) is 12.3. The van der Waals surface area contributed by atoms with Crippen LogP contribution in [0.3, 0.4) is 0 Å². The van der Waals surface area contributed by atoms with Gasteiger partial charge in [0.2, 0.25) is 0 Å². The highest BCUT2D eigenvalue weighted by Crippen LogP contribution is 2.34. The molecule has 2 fully saturated rings. The van der Waals surface area contributed by atoms with Crippen molar-refractivity contribution in [3.63, 3.8) is 0 Å². The van der Waals surface area contributed by atoms with E-state index in [0.29, 0.717) is 18.1 Å². The van der Waals surface area contributed by atoms with E-state index in [1.165, 1.54) is 12.8 Å². The Morgan fingerprint density at radius 1 is 1.12 bits per heavy atom. The highest BCUT2D eigenvalue weighted by Gasteiger charge is 2.28. The molecule has 4 heteroatoms. The second kappa shape index (κ2) is 5.25. The van der Waals surface area contributed by atoms with Crippen LogP contribution in [0.15, 0.2) is 0 Å². The third-order valence-electron chi connectivity index (χ3n) is 3.94. The average molecular weight is 240 g/mol. The van der Waals surface area contributed by atoms with Gasteiger partial charge in [-0.1, -0.05) is 13.8 Å². The van der Waals surface area contributed by atoms with Gasteiger partial charge in [-0.05, 0) is 37.5 Å². The van der Waals surface area contributed by atoms with Crippen molar-refractivity contribution in [2.24, 2.45) is 5.41 Å². The number of ether oxygens (including phenoxy) is 1. The molecule has 2 rings (SSSR count). The maximum Gasteiger partial charge on any atom is 0.315 e. The summed E-state index contributed by atoms with van der Waals surface area (Å²) in [5.74, 6) is 0. The van der Waals surface area contributed by atoms with Crippen LogP contribution in [0.2, 0.25) is 0 Å². The van der Waals surface area contributed by atoms with Gasteiger partial charge < -0.3 is 15.4 Å². The number of amides is 2. The molecule has 2 aliphatic rings. The van der Waals surface area contributed by atoms with Crippen LogP contribution in [0.5, 0.6) is 0 Å². The normalized spacial score (nSPS) is 28.9. The van der Waals surface area contributed by atoms with Crippen molar-refractivity contribution in [1.29, 1.82) is 0 Å². The maximum atomic E-state index is 11.8. The van der Waals surface area contributed by atoms with Gasteiger partial charge in [0.15, 0.2) is 0 Å². The standard InChI is InChI=1S/C13H24N2O2/c1-13(2)6-3-10(4-7-13)14-12(16)15-11-5-8-17-9-11/h10-11H,3-9H2,1-2H3,(H2,14,15,16). The fraction of sp³-hybridized carbons (Fsp3) is 0.923. The molecule has 1 heterocycles. The predicted octanol–water partition coefficient (Wildman–Crippen LogP) is 2.04. The molecular formula is C13H24N2O2. The Morgan fingerprint density at radius 3 is 2.35 bits per heavy atom. The van der Waals surface area contributed by atoms with Crippen LogP contribution in [0.4, 0.5) is 4.79 Å². The van der Waals surface area contributed by atoms with Gasteiger partial charge in [-0.15, -0.1) is 0 Å². The highest BCUT2D eigenvalue weighted by atomic mass is 16.5.